The van der Waals surface area contributed by atoms with Crippen molar-refractivity contribution in [1.29, 1.82) is 0 Å². The van der Waals surface area contributed by atoms with Crippen molar-refractivity contribution >= 4 is 61.6 Å². The van der Waals surface area contributed by atoms with Gasteiger partial charge >= 0.3 is 0 Å². The molecule has 0 aliphatic heterocycles. The Labute approximate surface area is 145 Å². The summed E-state index contributed by atoms with van der Waals surface area (Å²) >= 11 is 9.03. The van der Waals surface area contributed by atoms with Gasteiger partial charge in [0.05, 0.1) is 16.0 Å². The van der Waals surface area contributed by atoms with Crippen LogP contribution in [0.5, 0.6) is 0 Å². The molecule has 0 radical (unpaired) electrons. The first-order chi connectivity index (χ1) is 11.2. The molecule has 0 amide bonds. The Morgan fingerprint density at radius 3 is 3.04 bits per heavy atom. The highest BCUT2D eigenvalue weighted by atomic mass is 35.5. The second-order valence-corrected chi connectivity index (χ2v) is 7.74. The van der Waals surface area contributed by atoms with Crippen LogP contribution in [0.2, 0.25) is 5.02 Å². The number of rotatable bonds is 4. The number of H-pyrrole nitrogens is 1. The summed E-state index contributed by atoms with van der Waals surface area (Å²) in [5.74, 6) is 0.472. The minimum atomic E-state index is 0.102. The van der Waals surface area contributed by atoms with E-state index in [1.54, 1.807) is 17.5 Å². The monoisotopic (exact) mass is 358 g/mol. The van der Waals surface area contributed by atoms with Crippen LogP contribution in [-0.4, -0.2) is 21.5 Å². The van der Waals surface area contributed by atoms with Crippen LogP contribution in [0, 0.1) is 0 Å². The maximum Gasteiger partial charge on any atom is 0.175 e. The molecule has 0 atom stereocenters. The van der Waals surface area contributed by atoms with Crippen LogP contribution in [-0.2, 0) is 0 Å². The Morgan fingerprint density at radius 1 is 1.26 bits per heavy atom. The summed E-state index contributed by atoms with van der Waals surface area (Å²) in [6.07, 6.45) is 1.78. The van der Waals surface area contributed by atoms with Crippen LogP contribution in [0.25, 0.3) is 21.1 Å². The number of thioether (sulfide) groups is 1. The Morgan fingerprint density at radius 2 is 2.13 bits per heavy atom. The summed E-state index contributed by atoms with van der Waals surface area (Å²) in [6, 6.07) is 13.5. The van der Waals surface area contributed by atoms with Gasteiger partial charge in [0.1, 0.15) is 0 Å². The van der Waals surface area contributed by atoms with Gasteiger partial charge < -0.3 is 4.98 Å². The van der Waals surface area contributed by atoms with E-state index in [-0.39, 0.29) is 5.78 Å². The molecule has 2 aromatic heterocycles. The van der Waals surface area contributed by atoms with Gasteiger partial charge in [0.15, 0.2) is 10.1 Å². The number of carbonyl (C=O) groups excluding carboxylic acids is 1. The highest BCUT2D eigenvalue weighted by Crippen LogP contribution is 2.31. The highest BCUT2D eigenvalue weighted by molar-refractivity contribution is 8.01. The van der Waals surface area contributed by atoms with Crippen molar-refractivity contribution in [3.63, 3.8) is 0 Å². The molecule has 114 valence electrons. The van der Waals surface area contributed by atoms with Crippen molar-refractivity contribution in [2.75, 3.05) is 5.75 Å². The largest absolute Gasteiger partial charge is 0.360 e. The van der Waals surface area contributed by atoms with E-state index < -0.39 is 0 Å². The van der Waals surface area contributed by atoms with Gasteiger partial charge in [0.25, 0.3) is 0 Å². The maximum absolute atomic E-state index is 12.5. The molecule has 23 heavy (non-hydrogen) atoms. The summed E-state index contributed by atoms with van der Waals surface area (Å²) in [4.78, 5) is 20.1. The van der Waals surface area contributed by atoms with Gasteiger partial charge in [-0.15, -0.1) is 11.3 Å². The minimum Gasteiger partial charge on any atom is -0.360 e. The van der Waals surface area contributed by atoms with E-state index >= 15 is 0 Å². The molecule has 4 aromatic rings. The van der Waals surface area contributed by atoms with Gasteiger partial charge in [-0.25, -0.2) is 4.98 Å². The van der Waals surface area contributed by atoms with E-state index in [1.165, 1.54) is 11.8 Å². The van der Waals surface area contributed by atoms with Crippen LogP contribution in [0.1, 0.15) is 10.4 Å². The number of aromatic nitrogens is 2. The van der Waals surface area contributed by atoms with Crippen LogP contribution in [0.15, 0.2) is 53.0 Å². The molecule has 0 saturated heterocycles. The molecule has 0 aliphatic carbocycles. The number of hydrogen-bond donors (Lipinski definition) is 1. The third-order valence-electron chi connectivity index (χ3n) is 3.55. The lowest BCUT2D eigenvalue weighted by molar-refractivity contribution is 0.102. The van der Waals surface area contributed by atoms with Gasteiger partial charge in [0, 0.05) is 27.7 Å². The number of carbonyl (C=O) groups is 1. The van der Waals surface area contributed by atoms with Gasteiger partial charge in [-0.3, -0.25) is 4.79 Å². The van der Waals surface area contributed by atoms with Gasteiger partial charge in [-0.1, -0.05) is 41.6 Å². The predicted molar refractivity (Wildman–Crippen MR) is 98.0 cm³/mol. The van der Waals surface area contributed by atoms with E-state index in [1.807, 2.05) is 42.5 Å². The molecule has 0 unspecified atom stereocenters. The molecule has 0 saturated carbocycles. The third-order valence-corrected chi connectivity index (χ3v) is 5.96. The number of thiazole rings is 1. The number of aromatic amines is 1. The summed E-state index contributed by atoms with van der Waals surface area (Å²) in [6.45, 7) is 0. The Balaban J connectivity index is 1.54. The standard InChI is InChI=1S/C17H11ClN2OS2/c18-10-5-6-16-14(7-10)20-17(23-16)22-9-15(21)12-8-19-13-4-2-1-3-11(12)13/h1-8,19H,9H2. The predicted octanol–water partition coefficient (Wildman–Crippen LogP) is 5.41. The molecule has 0 spiro atoms. The Hall–Kier alpha value is -1.82. The molecule has 0 fully saturated rings. The number of benzene rings is 2. The SMILES string of the molecule is O=C(CSc1nc2cc(Cl)ccc2s1)c1c[nH]c2ccccc12. The first kappa shape index (κ1) is 14.8. The zero-order valence-electron chi connectivity index (χ0n) is 11.9. The topological polar surface area (TPSA) is 45.8 Å². The first-order valence-corrected chi connectivity index (χ1v) is 9.17. The number of Topliss-reactive ketones (excluding diaryl/α,β-unsaturated/α-hetero) is 1. The fourth-order valence-corrected chi connectivity index (χ4v) is 4.55. The van der Waals surface area contributed by atoms with Crippen molar-refractivity contribution in [3.05, 3.63) is 59.2 Å². The maximum atomic E-state index is 12.5. The molecule has 4 rings (SSSR count). The average Bonchev–Trinajstić information content (AvgIpc) is 3.15. The molecule has 0 aliphatic rings. The fraction of sp³-hybridized carbons (Fsp3) is 0.0588. The van der Waals surface area contributed by atoms with Crippen LogP contribution >= 0.6 is 34.7 Å². The van der Waals surface area contributed by atoms with Crippen molar-refractivity contribution < 1.29 is 4.79 Å². The van der Waals surface area contributed by atoms with E-state index in [0.717, 1.165) is 31.0 Å². The van der Waals surface area contributed by atoms with Gasteiger partial charge in [-0.05, 0) is 24.3 Å². The fourth-order valence-electron chi connectivity index (χ4n) is 2.45. The van der Waals surface area contributed by atoms with Crippen LogP contribution in [0.3, 0.4) is 0 Å². The molecule has 2 aromatic carbocycles. The number of fused-ring (bicyclic) bond motifs is 2. The number of nitrogens with one attached hydrogen (secondary N) is 1. The summed E-state index contributed by atoms with van der Waals surface area (Å²) in [5, 5.41) is 1.64. The second-order valence-electron chi connectivity index (χ2n) is 5.05. The van der Waals surface area contributed by atoms with Crippen molar-refractivity contribution in [2.45, 2.75) is 4.34 Å². The van der Waals surface area contributed by atoms with Crippen molar-refractivity contribution in [2.24, 2.45) is 0 Å². The summed E-state index contributed by atoms with van der Waals surface area (Å²) in [5.41, 5.74) is 2.59. The highest BCUT2D eigenvalue weighted by Gasteiger charge is 2.13. The lowest BCUT2D eigenvalue weighted by Gasteiger charge is -1.97. The van der Waals surface area contributed by atoms with Gasteiger partial charge in [0.2, 0.25) is 0 Å². The van der Waals surface area contributed by atoms with E-state index in [0.29, 0.717) is 10.8 Å². The normalized spacial score (nSPS) is 11.3. The molecule has 2 heterocycles. The number of para-hydroxylation sites is 1. The quantitative estimate of drug-likeness (QED) is 0.392. The molecule has 1 N–H and O–H groups in total. The van der Waals surface area contributed by atoms with Crippen LogP contribution in [0.4, 0.5) is 0 Å². The third kappa shape index (κ3) is 2.87. The lowest BCUT2D eigenvalue weighted by atomic mass is 10.1. The molecular weight excluding hydrogens is 348 g/mol. The molecule has 0 bridgehead atoms. The number of ketones is 1. The number of nitrogens with zero attached hydrogens (tertiary/aromatic N) is 1. The average molecular weight is 359 g/mol. The van der Waals surface area contributed by atoms with E-state index in [9.17, 15) is 4.79 Å². The molecular formula is C17H11ClN2OS2. The first-order valence-electron chi connectivity index (χ1n) is 6.99. The lowest BCUT2D eigenvalue weighted by Crippen LogP contribution is -2.01. The zero-order valence-corrected chi connectivity index (χ0v) is 14.3. The van der Waals surface area contributed by atoms with E-state index in [2.05, 4.69) is 9.97 Å². The number of hydrogen-bond acceptors (Lipinski definition) is 4. The minimum absolute atomic E-state index is 0.102. The van der Waals surface area contributed by atoms with E-state index in [4.69, 9.17) is 11.6 Å². The smallest absolute Gasteiger partial charge is 0.175 e. The Bertz CT molecular complexity index is 1020. The second kappa shape index (κ2) is 6.00. The Kier molecular flexibility index (Phi) is 3.85. The van der Waals surface area contributed by atoms with Crippen molar-refractivity contribution in [3.8, 4) is 0 Å². The van der Waals surface area contributed by atoms with Crippen LogP contribution < -0.4 is 0 Å². The van der Waals surface area contributed by atoms with Gasteiger partial charge in [-0.2, -0.15) is 0 Å². The summed E-state index contributed by atoms with van der Waals surface area (Å²) < 4.78 is 1.96. The molecule has 3 nitrogen and oxygen atoms in total. The number of halogens is 1. The summed E-state index contributed by atoms with van der Waals surface area (Å²) in [7, 11) is 0. The zero-order chi connectivity index (χ0) is 15.8. The van der Waals surface area contributed by atoms with Crippen molar-refractivity contribution in [1.82, 2.24) is 9.97 Å². The molecule has 6 heteroatoms.